The molecule has 25 heavy (non-hydrogen) atoms. The summed E-state index contributed by atoms with van der Waals surface area (Å²) in [5.74, 6) is -0.0861. The molecular formula is C21H19N3O. The molecule has 2 aromatic carbocycles. The molecular weight excluding hydrogens is 310 g/mol. The van der Waals surface area contributed by atoms with Gasteiger partial charge < -0.3 is 4.57 Å². The second-order valence-electron chi connectivity index (χ2n) is 6.08. The molecule has 1 aliphatic rings. The zero-order valence-electron chi connectivity index (χ0n) is 14.3. The van der Waals surface area contributed by atoms with Gasteiger partial charge in [0, 0.05) is 29.2 Å². The normalized spacial score (nSPS) is 16.1. The third-order valence-electron chi connectivity index (χ3n) is 4.52. The summed E-state index contributed by atoms with van der Waals surface area (Å²) in [5, 5.41) is 7.07. The van der Waals surface area contributed by atoms with Crippen LogP contribution in [0.2, 0.25) is 0 Å². The van der Waals surface area contributed by atoms with Crippen molar-refractivity contribution in [3.63, 3.8) is 0 Å². The van der Waals surface area contributed by atoms with Gasteiger partial charge in [0.15, 0.2) is 0 Å². The number of hydrazone groups is 1. The number of anilines is 1. The lowest BCUT2D eigenvalue weighted by Crippen LogP contribution is -2.21. The number of carbonyl (C=O) groups is 1. The topological polar surface area (TPSA) is 37.6 Å². The van der Waals surface area contributed by atoms with Crippen molar-refractivity contribution in [3.8, 4) is 0 Å². The van der Waals surface area contributed by atoms with Gasteiger partial charge in [0.25, 0.3) is 5.91 Å². The molecule has 1 amide bonds. The summed E-state index contributed by atoms with van der Waals surface area (Å²) in [6.07, 6.45) is 4.06. The number of hydrogen-bond acceptors (Lipinski definition) is 2. The second kappa shape index (κ2) is 6.06. The summed E-state index contributed by atoms with van der Waals surface area (Å²) >= 11 is 0. The summed E-state index contributed by atoms with van der Waals surface area (Å²) in [7, 11) is 0. The van der Waals surface area contributed by atoms with Crippen LogP contribution in [-0.4, -0.2) is 16.2 Å². The van der Waals surface area contributed by atoms with E-state index >= 15 is 0 Å². The SMILES string of the molecule is CCn1cc(/C=C2/C(=O)N(c3ccccc3)N=C2C)c2ccccc21. The van der Waals surface area contributed by atoms with Gasteiger partial charge in [-0.1, -0.05) is 36.4 Å². The van der Waals surface area contributed by atoms with Crippen molar-refractivity contribution in [2.24, 2.45) is 5.10 Å². The molecule has 0 atom stereocenters. The van der Waals surface area contributed by atoms with E-state index < -0.39 is 0 Å². The summed E-state index contributed by atoms with van der Waals surface area (Å²) in [4.78, 5) is 12.9. The highest BCUT2D eigenvalue weighted by atomic mass is 16.2. The van der Waals surface area contributed by atoms with Gasteiger partial charge in [-0.3, -0.25) is 4.79 Å². The molecule has 1 aromatic heterocycles. The Bertz CT molecular complexity index is 1010. The predicted molar refractivity (Wildman–Crippen MR) is 103 cm³/mol. The number of aryl methyl sites for hydroxylation is 1. The number of rotatable bonds is 3. The maximum Gasteiger partial charge on any atom is 0.280 e. The second-order valence-corrected chi connectivity index (χ2v) is 6.08. The van der Waals surface area contributed by atoms with E-state index in [1.165, 1.54) is 10.5 Å². The van der Waals surface area contributed by atoms with Gasteiger partial charge >= 0.3 is 0 Å². The highest BCUT2D eigenvalue weighted by Crippen LogP contribution is 2.28. The summed E-state index contributed by atoms with van der Waals surface area (Å²) in [6.45, 7) is 4.89. The van der Waals surface area contributed by atoms with E-state index in [2.05, 4.69) is 34.9 Å². The van der Waals surface area contributed by atoms with E-state index in [1.807, 2.05) is 55.5 Å². The molecule has 0 fully saturated rings. The van der Waals surface area contributed by atoms with Crippen molar-refractivity contribution in [1.82, 2.24) is 4.57 Å². The lowest BCUT2D eigenvalue weighted by atomic mass is 10.1. The van der Waals surface area contributed by atoms with Crippen LogP contribution < -0.4 is 5.01 Å². The van der Waals surface area contributed by atoms with Crippen LogP contribution in [0.4, 0.5) is 5.69 Å². The fourth-order valence-electron chi connectivity index (χ4n) is 3.24. The van der Waals surface area contributed by atoms with E-state index in [1.54, 1.807) is 0 Å². The first-order valence-corrected chi connectivity index (χ1v) is 8.43. The fraction of sp³-hybridized carbons (Fsp3) is 0.143. The first kappa shape index (κ1) is 15.4. The van der Waals surface area contributed by atoms with Gasteiger partial charge in [-0.15, -0.1) is 0 Å². The van der Waals surface area contributed by atoms with Crippen LogP contribution in [0.15, 0.2) is 71.5 Å². The fourth-order valence-corrected chi connectivity index (χ4v) is 3.24. The zero-order valence-corrected chi connectivity index (χ0v) is 14.3. The Labute approximate surface area is 146 Å². The van der Waals surface area contributed by atoms with Crippen molar-refractivity contribution in [2.75, 3.05) is 5.01 Å². The number of amides is 1. The number of carbonyl (C=O) groups excluding carboxylic acids is 1. The molecule has 0 aliphatic carbocycles. The number of hydrogen-bond donors (Lipinski definition) is 0. The number of fused-ring (bicyclic) bond motifs is 1. The monoisotopic (exact) mass is 329 g/mol. The number of para-hydroxylation sites is 2. The highest BCUT2D eigenvalue weighted by molar-refractivity contribution is 6.32. The molecule has 3 aromatic rings. The molecule has 0 radical (unpaired) electrons. The molecule has 0 saturated heterocycles. The first-order valence-electron chi connectivity index (χ1n) is 8.43. The molecule has 2 heterocycles. The summed E-state index contributed by atoms with van der Waals surface area (Å²) in [6, 6.07) is 17.8. The highest BCUT2D eigenvalue weighted by Gasteiger charge is 2.28. The van der Waals surface area contributed by atoms with Crippen molar-refractivity contribution < 1.29 is 4.79 Å². The van der Waals surface area contributed by atoms with E-state index in [9.17, 15) is 4.79 Å². The van der Waals surface area contributed by atoms with Gasteiger partial charge in [-0.05, 0) is 38.1 Å². The van der Waals surface area contributed by atoms with Gasteiger partial charge in [-0.25, -0.2) is 0 Å². The number of benzene rings is 2. The maximum atomic E-state index is 12.9. The van der Waals surface area contributed by atoms with E-state index in [0.717, 1.165) is 28.9 Å². The summed E-state index contributed by atoms with van der Waals surface area (Å²) < 4.78 is 2.20. The average molecular weight is 329 g/mol. The van der Waals surface area contributed by atoms with Crippen molar-refractivity contribution in [3.05, 3.63) is 71.9 Å². The van der Waals surface area contributed by atoms with Crippen LogP contribution in [0.5, 0.6) is 0 Å². The standard InChI is InChI=1S/C21H19N3O/c1-3-23-14-16(18-11-7-8-12-20(18)23)13-19-15(2)22-24(21(19)25)17-9-5-4-6-10-17/h4-14H,3H2,1-2H3/b19-13+. The molecule has 0 spiro atoms. The van der Waals surface area contributed by atoms with E-state index in [-0.39, 0.29) is 5.91 Å². The van der Waals surface area contributed by atoms with Crippen LogP contribution >= 0.6 is 0 Å². The molecule has 4 nitrogen and oxygen atoms in total. The molecule has 4 rings (SSSR count). The molecule has 0 N–H and O–H groups in total. The Kier molecular flexibility index (Phi) is 3.73. The van der Waals surface area contributed by atoms with Crippen LogP contribution in [0, 0.1) is 0 Å². The van der Waals surface area contributed by atoms with Crippen molar-refractivity contribution >= 4 is 34.3 Å². The Morgan fingerprint density at radius 2 is 1.76 bits per heavy atom. The number of aromatic nitrogens is 1. The quantitative estimate of drug-likeness (QED) is 0.653. The minimum atomic E-state index is -0.0861. The molecule has 4 heteroatoms. The Hall–Kier alpha value is -3.14. The molecule has 124 valence electrons. The molecule has 0 bridgehead atoms. The van der Waals surface area contributed by atoms with E-state index in [4.69, 9.17) is 0 Å². The molecule has 1 aliphatic heterocycles. The van der Waals surface area contributed by atoms with Gasteiger partial charge in [0.1, 0.15) is 0 Å². The van der Waals surface area contributed by atoms with Crippen LogP contribution in [-0.2, 0) is 11.3 Å². The van der Waals surface area contributed by atoms with Crippen molar-refractivity contribution in [1.29, 1.82) is 0 Å². The Morgan fingerprint density at radius 3 is 2.52 bits per heavy atom. The minimum Gasteiger partial charge on any atom is -0.347 e. The number of nitrogens with zero attached hydrogens (tertiary/aromatic N) is 3. The van der Waals surface area contributed by atoms with Crippen molar-refractivity contribution in [2.45, 2.75) is 20.4 Å². The lowest BCUT2D eigenvalue weighted by molar-refractivity contribution is -0.114. The Balaban J connectivity index is 1.78. The smallest absolute Gasteiger partial charge is 0.280 e. The van der Waals surface area contributed by atoms with Crippen LogP contribution in [0.3, 0.4) is 0 Å². The summed E-state index contributed by atoms with van der Waals surface area (Å²) in [5.41, 5.74) is 4.39. The third-order valence-corrected chi connectivity index (χ3v) is 4.52. The van der Waals surface area contributed by atoms with E-state index in [0.29, 0.717) is 5.57 Å². The minimum absolute atomic E-state index is 0.0861. The maximum absolute atomic E-state index is 12.9. The van der Waals surface area contributed by atoms with Gasteiger partial charge in [0.05, 0.1) is 17.0 Å². The Morgan fingerprint density at radius 1 is 1.04 bits per heavy atom. The lowest BCUT2D eigenvalue weighted by Gasteiger charge is -2.10. The van der Waals surface area contributed by atoms with Gasteiger partial charge in [-0.2, -0.15) is 10.1 Å². The zero-order chi connectivity index (χ0) is 17.4. The third kappa shape index (κ3) is 2.56. The van der Waals surface area contributed by atoms with Crippen LogP contribution in [0.1, 0.15) is 19.4 Å². The largest absolute Gasteiger partial charge is 0.347 e. The van der Waals surface area contributed by atoms with Gasteiger partial charge in [0.2, 0.25) is 0 Å². The average Bonchev–Trinajstić information content (AvgIpc) is 3.15. The predicted octanol–water partition coefficient (Wildman–Crippen LogP) is 4.47. The van der Waals surface area contributed by atoms with Crippen LogP contribution in [0.25, 0.3) is 17.0 Å². The first-order chi connectivity index (χ1) is 12.2. The molecule has 0 saturated carbocycles. The molecule has 0 unspecified atom stereocenters.